The number of nitrogens with zero attached hydrogens (tertiary/aromatic N) is 3. The van der Waals surface area contributed by atoms with E-state index in [0.29, 0.717) is 6.42 Å². The van der Waals surface area contributed by atoms with Gasteiger partial charge in [-0.2, -0.15) is 0 Å². The molecule has 1 unspecified atom stereocenters. The van der Waals surface area contributed by atoms with Gasteiger partial charge in [-0.1, -0.05) is 6.92 Å². The number of amides is 1. The third kappa shape index (κ3) is 2.69. The summed E-state index contributed by atoms with van der Waals surface area (Å²) in [5, 5.41) is 2.81. The summed E-state index contributed by atoms with van der Waals surface area (Å²) in [6.45, 7) is 1.75. The molecule has 0 saturated heterocycles. The maximum absolute atomic E-state index is 10.4. The summed E-state index contributed by atoms with van der Waals surface area (Å²) in [7, 11) is 0. The zero-order valence-corrected chi connectivity index (χ0v) is 5.11. The number of hydrogen-bond donors (Lipinski definition) is 1. The second-order valence-electron chi connectivity index (χ2n) is 1.54. The average molecular weight is 128 g/mol. The summed E-state index contributed by atoms with van der Waals surface area (Å²) in [6.07, 6.45) is 0.498. The Kier molecular flexibility index (Phi) is 3.43. The van der Waals surface area contributed by atoms with Crippen LogP contribution in [0, 0.1) is 0 Å². The van der Waals surface area contributed by atoms with E-state index < -0.39 is 11.9 Å². The molecule has 5 nitrogen and oxygen atoms in total. The van der Waals surface area contributed by atoms with Gasteiger partial charge in [0.25, 0.3) is 0 Å². The van der Waals surface area contributed by atoms with E-state index in [4.69, 9.17) is 11.3 Å². The van der Waals surface area contributed by atoms with E-state index in [-0.39, 0.29) is 0 Å². The predicted molar refractivity (Wildman–Crippen MR) is 32.4 cm³/mol. The van der Waals surface area contributed by atoms with E-state index in [0.717, 1.165) is 0 Å². The molecule has 9 heavy (non-hydrogen) atoms. The minimum atomic E-state index is -0.638. The van der Waals surface area contributed by atoms with E-state index in [1.807, 2.05) is 0 Å². The van der Waals surface area contributed by atoms with Gasteiger partial charge in [0.2, 0.25) is 5.91 Å². The molecule has 0 aliphatic heterocycles. The van der Waals surface area contributed by atoms with E-state index in [1.165, 1.54) is 0 Å². The molecule has 0 spiro atoms. The lowest BCUT2D eigenvalue weighted by atomic mass is 10.2. The minimum Gasteiger partial charge on any atom is -0.321 e. The SMILES string of the molecule is CCC(N)C(=O)N=[N+]=[N-]. The Morgan fingerprint density at radius 3 is 2.89 bits per heavy atom. The number of nitrogens with two attached hydrogens (primary N) is 1. The summed E-state index contributed by atoms with van der Waals surface area (Å²) in [6, 6.07) is -0.638. The second kappa shape index (κ2) is 3.88. The molecule has 0 bridgehead atoms. The monoisotopic (exact) mass is 128 g/mol. The first kappa shape index (κ1) is 7.94. The van der Waals surface area contributed by atoms with E-state index in [9.17, 15) is 4.79 Å². The van der Waals surface area contributed by atoms with Gasteiger partial charge >= 0.3 is 0 Å². The lowest BCUT2D eigenvalue weighted by Crippen LogP contribution is -2.27. The Hall–Kier alpha value is -1.06. The molecule has 2 N–H and O–H groups in total. The first-order valence-corrected chi connectivity index (χ1v) is 2.57. The third-order valence-corrected chi connectivity index (χ3v) is 0.900. The standard InChI is InChI=1S/C4H8N4O/c1-2-3(5)4(9)7-8-6/h3H,2,5H2,1H3. The van der Waals surface area contributed by atoms with Crippen molar-refractivity contribution in [3.8, 4) is 0 Å². The second-order valence-corrected chi connectivity index (χ2v) is 1.54. The minimum absolute atomic E-state index is 0.498. The van der Waals surface area contributed by atoms with Gasteiger partial charge in [0, 0.05) is 4.91 Å². The van der Waals surface area contributed by atoms with Crippen LogP contribution >= 0.6 is 0 Å². The van der Waals surface area contributed by atoms with Crippen molar-refractivity contribution in [3.05, 3.63) is 10.4 Å². The molecule has 1 atom stereocenters. The molecule has 0 aromatic heterocycles. The highest BCUT2D eigenvalue weighted by Crippen LogP contribution is 1.88. The summed E-state index contributed by atoms with van der Waals surface area (Å²) >= 11 is 0. The topological polar surface area (TPSA) is 91.9 Å². The molecular formula is C4H8N4O. The Balaban J connectivity index is 3.87. The van der Waals surface area contributed by atoms with Gasteiger partial charge in [0.05, 0.1) is 6.04 Å². The van der Waals surface area contributed by atoms with Gasteiger partial charge in [0.15, 0.2) is 0 Å². The molecule has 0 heterocycles. The van der Waals surface area contributed by atoms with E-state index >= 15 is 0 Å². The lowest BCUT2D eigenvalue weighted by molar-refractivity contribution is -0.119. The molecule has 0 fully saturated rings. The summed E-state index contributed by atoms with van der Waals surface area (Å²) in [4.78, 5) is 12.7. The average Bonchev–Trinajstić information content (AvgIpc) is 1.87. The molecular weight excluding hydrogens is 120 g/mol. The van der Waals surface area contributed by atoms with Crippen molar-refractivity contribution in [3.63, 3.8) is 0 Å². The van der Waals surface area contributed by atoms with Crippen molar-refractivity contribution in [2.45, 2.75) is 19.4 Å². The largest absolute Gasteiger partial charge is 0.321 e. The Morgan fingerprint density at radius 1 is 2.00 bits per heavy atom. The number of azide groups is 1. The molecule has 0 radical (unpaired) electrons. The van der Waals surface area contributed by atoms with Crippen LogP contribution in [-0.4, -0.2) is 11.9 Å². The quantitative estimate of drug-likeness (QED) is 0.334. The van der Waals surface area contributed by atoms with Crippen molar-refractivity contribution in [2.24, 2.45) is 10.8 Å². The fraction of sp³-hybridized carbons (Fsp3) is 0.750. The van der Waals surface area contributed by atoms with Gasteiger partial charge in [-0.25, -0.2) is 0 Å². The maximum Gasteiger partial charge on any atom is 0.235 e. The van der Waals surface area contributed by atoms with Crippen molar-refractivity contribution >= 4 is 5.91 Å². The van der Waals surface area contributed by atoms with Crippen LogP contribution in [0.4, 0.5) is 0 Å². The zero-order chi connectivity index (χ0) is 7.28. The van der Waals surface area contributed by atoms with Gasteiger partial charge in [-0.05, 0) is 17.1 Å². The molecule has 5 heteroatoms. The number of rotatable bonds is 2. The van der Waals surface area contributed by atoms with Gasteiger partial charge in [-0.3, -0.25) is 4.79 Å². The Morgan fingerprint density at radius 2 is 2.56 bits per heavy atom. The fourth-order valence-electron chi connectivity index (χ4n) is 0.293. The highest BCUT2D eigenvalue weighted by atomic mass is 16.2. The first-order valence-electron chi connectivity index (χ1n) is 2.57. The van der Waals surface area contributed by atoms with Crippen LogP contribution in [0.3, 0.4) is 0 Å². The third-order valence-electron chi connectivity index (χ3n) is 0.900. The lowest BCUT2D eigenvalue weighted by Gasteiger charge is -1.98. The van der Waals surface area contributed by atoms with E-state index in [2.05, 4.69) is 10.0 Å². The van der Waals surface area contributed by atoms with Crippen molar-refractivity contribution in [1.29, 1.82) is 0 Å². The van der Waals surface area contributed by atoms with Crippen LogP contribution in [0.1, 0.15) is 13.3 Å². The Bertz CT molecular complexity index is 149. The summed E-state index contributed by atoms with van der Waals surface area (Å²) in [5.74, 6) is -0.597. The molecule has 0 aromatic carbocycles. The molecule has 0 rings (SSSR count). The van der Waals surface area contributed by atoms with Crippen LogP contribution in [0.25, 0.3) is 10.4 Å². The highest BCUT2D eigenvalue weighted by molar-refractivity contribution is 5.82. The fourth-order valence-corrected chi connectivity index (χ4v) is 0.293. The Labute approximate surface area is 52.5 Å². The van der Waals surface area contributed by atoms with Gasteiger partial charge < -0.3 is 5.73 Å². The summed E-state index contributed by atoms with van der Waals surface area (Å²) < 4.78 is 0. The molecule has 0 aromatic rings. The number of hydrogen-bond acceptors (Lipinski definition) is 2. The molecule has 0 aliphatic rings. The van der Waals surface area contributed by atoms with Crippen molar-refractivity contribution < 1.29 is 4.79 Å². The van der Waals surface area contributed by atoms with Gasteiger partial charge in [0.1, 0.15) is 0 Å². The maximum atomic E-state index is 10.4. The number of carbonyl (C=O) groups excluding carboxylic acids is 1. The van der Waals surface area contributed by atoms with Crippen LogP contribution in [0.5, 0.6) is 0 Å². The normalized spacial score (nSPS) is 11.8. The van der Waals surface area contributed by atoms with Crippen LogP contribution in [0.2, 0.25) is 0 Å². The number of carbonyl (C=O) groups is 1. The van der Waals surface area contributed by atoms with E-state index in [1.54, 1.807) is 6.92 Å². The molecule has 0 aliphatic carbocycles. The highest BCUT2D eigenvalue weighted by Gasteiger charge is 2.06. The van der Waals surface area contributed by atoms with Crippen LogP contribution < -0.4 is 5.73 Å². The zero-order valence-electron chi connectivity index (χ0n) is 5.11. The predicted octanol–water partition coefficient (Wildman–Crippen LogP) is 0.561. The van der Waals surface area contributed by atoms with Crippen LogP contribution in [-0.2, 0) is 4.79 Å². The van der Waals surface area contributed by atoms with Gasteiger partial charge in [-0.15, -0.1) is 0 Å². The molecule has 0 saturated carbocycles. The first-order chi connectivity index (χ1) is 4.22. The summed E-state index contributed by atoms with van der Waals surface area (Å²) in [5.41, 5.74) is 13.0. The smallest absolute Gasteiger partial charge is 0.235 e. The van der Waals surface area contributed by atoms with Crippen molar-refractivity contribution in [2.75, 3.05) is 0 Å². The van der Waals surface area contributed by atoms with Crippen molar-refractivity contribution in [1.82, 2.24) is 0 Å². The molecule has 50 valence electrons. The molecule has 1 amide bonds. The van der Waals surface area contributed by atoms with Crippen LogP contribution in [0.15, 0.2) is 5.11 Å².